The predicted octanol–water partition coefficient (Wildman–Crippen LogP) is 4.25. The Balaban J connectivity index is 1.92. The quantitative estimate of drug-likeness (QED) is 0.808. The molecule has 1 aliphatic rings. The second-order valence-corrected chi connectivity index (χ2v) is 4.92. The van der Waals surface area contributed by atoms with Gasteiger partial charge >= 0.3 is 0 Å². The molecule has 0 radical (unpaired) electrons. The molecule has 2 rings (SSSR count). The molecule has 1 N–H and O–H groups in total. The van der Waals surface area contributed by atoms with Gasteiger partial charge in [0, 0.05) is 6.54 Å². The minimum Gasteiger partial charge on any atom is -0.384 e. The Bertz CT molecular complexity index is 329. The third-order valence-corrected chi connectivity index (χ3v) is 3.49. The molecule has 0 bridgehead atoms. The maximum absolute atomic E-state index is 6.15. The molecule has 15 heavy (non-hydrogen) atoms. The number of halogens is 1. The van der Waals surface area contributed by atoms with Crippen LogP contribution < -0.4 is 5.32 Å². The summed E-state index contributed by atoms with van der Waals surface area (Å²) >= 11 is 6.15. The van der Waals surface area contributed by atoms with Crippen LogP contribution in [0.3, 0.4) is 0 Å². The summed E-state index contributed by atoms with van der Waals surface area (Å²) in [5, 5.41) is 4.29. The maximum atomic E-state index is 6.15. The molecule has 1 aromatic carbocycles. The van der Waals surface area contributed by atoms with E-state index >= 15 is 0 Å². The average molecular weight is 224 g/mol. The van der Waals surface area contributed by atoms with Gasteiger partial charge in [0.1, 0.15) is 0 Å². The van der Waals surface area contributed by atoms with Crippen molar-refractivity contribution in [1.82, 2.24) is 0 Å². The zero-order chi connectivity index (χ0) is 10.7. The normalized spacial score (nSPS) is 16.9. The first-order valence-electron chi connectivity index (χ1n) is 5.76. The molecule has 0 saturated heterocycles. The van der Waals surface area contributed by atoms with Crippen LogP contribution in [0.1, 0.15) is 31.2 Å². The van der Waals surface area contributed by atoms with Gasteiger partial charge in [-0.05, 0) is 43.4 Å². The Hall–Kier alpha value is -0.690. The second-order valence-electron chi connectivity index (χ2n) is 4.51. The van der Waals surface area contributed by atoms with Crippen LogP contribution >= 0.6 is 11.6 Å². The molecule has 82 valence electrons. The SMILES string of the molecule is Cc1ccc(NCC2CCCC2)c(Cl)c1. The van der Waals surface area contributed by atoms with Crippen molar-refractivity contribution in [3.05, 3.63) is 28.8 Å². The van der Waals surface area contributed by atoms with Gasteiger partial charge in [-0.15, -0.1) is 0 Å². The summed E-state index contributed by atoms with van der Waals surface area (Å²) in [7, 11) is 0. The van der Waals surface area contributed by atoms with Gasteiger partial charge in [-0.2, -0.15) is 0 Å². The molecular formula is C13H18ClN. The van der Waals surface area contributed by atoms with E-state index in [1.807, 2.05) is 6.07 Å². The highest BCUT2D eigenvalue weighted by atomic mass is 35.5. The van der Waals surface area contributed by atoms with Gasteiger partial charge < -0.3 is 5.32 Å². The average Bonchev–Trinajstić information content (AvgIpc) is 2.69. The van der Waals surface area contributed by atoms with Crippen LogP contribution in [0.15, 0.2) is 18.2 Å². The number of aryl methyl sites for hydroxylation is 1. The first kappa shape index (κ1) is 10.8. The van der Waals surface area contributed by atoms with E-state index in [1.165, 1.54) is 31.2 Å². The molecule has 1 aliphatic carbocycles. The van der Waals surface area contributed by atoms with E-state index in [1.54, 1.807) is 0 Å². The molecule has 1 fully saturated rings. The van der Waals surface area contributed by atoms with Crippen molar-refractivity contribution in [2.75, 3.05) is 11.9 Å². The number of nitrogens with one attached hydrogen (secondary N) is 1. The highest BCUT2D eigenvalue weighted by Crippen LogP contribution is 2.27. The number of benzene rings is 1. The number of rotatable bonds is 3. The van der Waals surface area contributed by atoms with Crippen molar-refractivity contribution in [3.63, 3.8) is 0 Å². The summed E-state index contributed by atoms with van der Waals surface area (Å²) in [6, 6.07) is 6.19. The predicted molar refractivity (Wildman–Crippen MR) is 66.6 cm³/mol. The molecular weight excluding hydrogens is 206 g/mol. The number of hydrogen-bond donors (Lipinski definition) is 1. The third-order valence-electron chi connectivity index (χ3n) is 3.18. The summed E-state index contributed by atoms with van der Waals surface area (Å²) in [6.07, 6.45) is 5.54. The van der Waals surface area contributed by atoms with Gasteiger partial charge in [0.15, 0.2) is 0 Å². The fourth-order valence-corrected chi connectivity index (χ4v) is 2.53. The first-order valence-corrected chi connectivity index (χ1v) is 6.13. The lowest BCUT2D eigenvalue weighted by molar-refractivity contribution is 0.580. The molecule has 0 aliphatic heterocycles. The van der Waals surface area contributed by atoms with Gasteiger partial charge in [-0.25, -0.2) is 0 Å². The van der Waals surface area contributed by atoms with Gasteiger partial charge in [0.2, 0.25) is 0 Å². The second kappa shape index (κ2) is 4.89. The largest absolute Gasteiger partial charge is 0.384 e. The van der Waals surface area contributed by atoms with Crippen molar-refractivity contribution in [1.29, 1.82) is 0 Å². The molecule has 1 nitrogen and oxygen atoms in total. The minimum atomic E-state index is 0.841. The molecule has 2 heteroatoms. The van der Waals surface area contributed by atoms with Crippen LogP contribution in [0, 0.1) is 12.8 Å². The molecule has 1 saturated carbocycles. The van der Waals surface area contributed by atoms with Crippen molar-refractivity contribution >= 4 is 17.3 Å². The Morgan fingerprint density at radius 1 is 1.33 bits per heavy atom. The lowest BCUT2D eigenvalue weighted by Gasteiger charge is -2.13. The van der Waals surface area contributed by atoms with Gasteiger partial charge in [0.25, 0.3) is 0 Å². The zero-order valence-corrected chi connectivity index (χ0v) is 9.98. The summed E-state index contributed by atoms with van der Waals surface area (Å²) in [6.45, 7) is 3.13. The topological polar surface area (TPSA) is 12.0 Å². The molecule has 0 atom stereocenters. The highest BCUT2D eigenvalue weighted by molar-refractivity contribution is 6.33. The smallest absolute Gasteiger partial charge is 0.0640 e. The molecule has 1 aromatic rings. The fraction of sp³-hybridized carbons (Fsp3) is 0.538. The molecule has 0 spiro atoms. The summed E-state index contributed by atoms with van der Waals surface area (Å²) in [4.78, 5) is 0. The Kier molecular flexibility index (Phi) is 3.53. The van der Waals surface area contributed by atoms with Crippen LogP contribution in [-0.2, 0) is 0 Å². The van der Waals surface area contributed by atoms with E-state index < -0.39 is 0 Å². The van der Waals surface area contributed by atoms with E-state index in [-0.39, 0.29) is 0 Å². The monoisotopic (exact) mass is 223 g/mol. The van der Waals surface area contributed by atoms with Crippen LogP contribution in [0.2, 0.25) is 5.02 Å². The van der Waals surface area contributed by atoms with Gasteiger partial charge in [0.05, 0.1) is 10.7 Å². The van der Waals surface area contributed by atoms with Crippen LogP contribution in [-0.4, -0.2) is 6.54 Å². The van der Waals surface area contributed by atoms with Crippen molar-refractivity contribution in [3.8, 4) is 0 Å². The summed E-state index contributed by atoms with van der Waals surface area (Å²) < 4.78 is 0. The molecule has 0 unspecified atom stereocenters. The molecule has 0 amide bonds. The third kappa shape index (κ3) is 2.88. The van der Waals surface area contributed by atoms with Crippen LogP contribution in [0.5, 0.6) is 0 Å². The summed E-state index contributed by atoms with van der Waals surface area (Å²) in [5.41, 5.74) is 2.29. The number of anilines is 1. The standard InChI is InChI=1S/C13H18ClN/c1-10-6-7-13(12(14)8-10)15-9-11-4-2-3-5-11/h6-8,11,15H,2-5,9H2,1H3. The van der Waals surface area contributed by atoms with Crippen LogP contribution in [0.25, 0.3) is 0 Å². The lowest BCUT2D eigenvalue weighted by Crippen LogP contribution is -2.11. The lowest BCUT2D eigenvalue weighted by atomic mass is 10.1. The highest BCUT2D eigenvalue weighted by Gasteiger charge is 2.14. The number of hydrogen-bond acceptors (Lipinski definition) is 1. The Morgan fingerprint density at radius 3 is 2.73 bits per heavy atom. The van der Waals surface area contributed by atoms with Gasteiger partial charge in [-0.1, -0.05) is 30.5 Å². The van der Waals surface area contributed by atoms with Crippen molar-refractivity contribution in [2.45, 2.75) is 32.6 Å². The Labute approximate surface area is 96.8 Å². The molecule has 0 aromatic heterocycles. The summed E-state index contributed by atoms with van der Waals surface area (Å²) in [5.74, 6) is 0.849. The van der Waals surface area contributed by atoms with Crippen LogP contribution in [0.4, 0.5) is 5.69 Å². The van der Waals surface area contributed by atoms with Gasteiger partial charge in [-0.3, -0.25) is 0 Å². The Morgan fingerprint density at radius 2 is 2.07 bits per heavy atom. The minimum absolute atomic E-state index is 0.841. The van der Waals surface area contributed by atoms with Crippen molar-refractivity contribution in [2.24, 2.45) is 5.92 Å². The van der Waals surface area contributed by atoms with E-state index in [2.05, 4.69) is 24.4 Å². The van der Waals surface area contributed by atoms with E-state index in [4.69, 9.17) is 11.6 Å². The van der Waals surface area contributed by atoms with E-state index in [0.717, 1.165) is 23.2 Å². The maximum Gasteiger partial charge on any atom is 0.0640 e. The first-order chi connectivity index (χ1) is 7.25. The molecule has 0 heterocycles. The zero-order valence-electron chi connectivity index (χ0n) is 9.22. The van der Waals surface area contributed by atoms with Crippen molar-refractivity contribution < 1.29 is 0 Å². The van der Waals surface area contributed by atoms with E-state index in [0.29, 0.717) is 0 Å². The van der Waals surface area contributed by atoms with E-state index in [9.17, 15) is 0 Å². The fourth-order valence-electron chi connectivity index (χ4n) is 2.23.